The first-order chi connectivity index (χ1) is 6.33. The second-order valence-electron chi connectivity index (χ2n) is 2.68. The van der Waals surface area contributed by atoms with Crippen LogP contribution in [0.15, 0.2) is 29.1 Å². The quantitative estimate of drug-likeness (QED) is 0.771. The molecule has 0 amide bonds. The van der Waals surface area contributed by atoms with Gasteiger partial charge >= 0.3 is 0 Å². The minimum absolute atomic E-state index is 0.139. The van der Waals surface area contributed by atoms with Crippen molar-refractivity contribution >= 4 is 26.7 Å². The van der Waals surface area contributed by atoms with E-state index >= 15 is 0 Å². The Hall–Kier alpha value is -1.16. The van der Waals surface area contributed by atoms with Gasteiger partial charge in [0.25, 0.3) is 5.56 Å². The summed E-state index contributed by atoms with van der Waals surface area (Å²) in [5, 5.41) is 8.63. The van der Waals surface area contributed by atoms with Gasteiger partial charge in [-0.2, -0.15) is 5.10 Å². The van der Waals surface area contributed by atoms with Gasteiger partial charge in [0.05, 0.1) is 11.1 Å². The number of alkyl halides is 1. The average molecular weight is 239 g/mol. The van der Waals surface area contributed by atoms with Gasteiger partial charge in [-0.3, -0.25) is 4.79 Å². The van der Waals surface area contributed by atoms with Crippen LogP contribution in [0.2, 0.25) is 0 Å². The molecule has 4 heteroatoms. The van der Waals surface area contributed by atoms with Crippen LogP contribution < -0.4 is 5.56 Å². The van der Waals surface area contributed by atoms with Gasteiger partial charge in [0.2, 0.25) is 0 Å². The SMILES string of the molecule is O=c1[nH]nc(CBr)c2ccccc12. The topological polar surface area (TPSA) is 45.8 Å². The van der Waals surface area contributed by atoms with E-state index in [4.69, 9.17) is 0 Å². The zero-order chi connectivity index (χ0) is 9.26. The van der Waals surface area contributed by atoms with Crippen molar-refractivity contribution in [3.63, 3.8) is 0 Å². The zero-order valence-corrected chi connectivity index (χ0v) is 8.34. The summed E-state index contributed by atoms with van der Waals surface area (Å²) in [6.45, 7) is 0. The first-order valence-corrected chi connectivity index (χ1v) is 4.97. The molecule has 1 aromatic carbocycles. The fraction of sp³-hybridized carbons (Fsp3) is 0.111. The summed E-state index contributed by atoms with van der Waals surface area (Å²) in [4.78, 5) is 11.3. The lowest BCUT2D eigenvalue weighted by atomic mass is 10.1. The lowest BCUT2D eigenvalue weighted by Crippen LogP contribution is -2.10. The van der Waals surface area contributed by atoms with Gasteiger partial charge in [0.15, 0.2) is 0 Å². The van der Waals surface area contributed by atoms with Crippen LogP contribution in [-0.2, 0) is 5.33 Å². The molecule has 2 aromatic rings. The maximum atomic E-state index is 11.3. The maximum Gasteiger partial charge on any atom is 0.272 e. The van der Waals surface area contributed by atoms with E-state index in [0.717, 1.165) is 11.1 Å². The Kier molecular flexibility index (Phi) is 2.14. The van der Waals surface area contributed by atoms with Crippen molar-refractivity contribution in [1.82, 2.24) is 10.2 Å². The minimum Gasteiger partial charge on any atom is -0.267 e. The molecule has 1 aromatic heterocycles. The number of hydrogen-bond donors (Lipinski definition) is 1. The Balaban J connectivity index is 2.93. The van der Waals surface area contributed by atoms with Crippen LogP contribution in [0.25, 0.3) is 10.8 Å². The Morgan fingerprint density at radius 2 is 2.00 bits per heavy atom. The molecule has 0 spiro atoms. The highest BCUT2D eigenvalue weighted by molar-refractivity contribution is 9.08. The lowest BCUT2D eigenvalue weighted by Gasteiger charge is -1.99. The van der Waals surface area contributed by atoms with E-state index in [2.05, 4.69) is 26.1 Å². The van der Waals surface area contributed by atoms with Gasteiger partial charge in [-0.05, 0) is 6.07 Å². The summed E-state index contributed by atoms with van der Waals surface area (Å²) in [5.41, 5.74) is 0.718. The highest BCUT2D eigenvalue weighted by Gasteiger charge is 2.02. The lowest BCUT2D eigenvalue weighted by molar-refractivity contribution is 0.965. The van der Waals surface area contributed by atoms with Crippen molar-refractivity contribution in [3.8, 4) is 0 Å². The maximum absolute atomic E-state index is 11.3. The number of nitrogens with one attached hydrogen (secondary N) is 1. The van der Waals surface area contributed by atoms with Crippen molar-refractivity contribution in [3.05, 3.63) is 40.3 Å². The van der Waals surface area contributed by atoms with Gasteiger partial charge in [-0.15, -0.1) is 0 Å². The Morgan fingerprint density at radius 1 is 1.31 bits per heavy atom. The number of aromatic amines is 1. The minimum atomic E-state index is -0.139. The van der Waals surface area contributed by atoms with Crippen molar-refractivity contribution in [2.24, 2.45) is 0 Å². The van der Waals surface area contributed by atoms with E-state index in [0.29, 0.717) is 10.7 Å². The number of H-pyrrole nitrogens is 1. The number of fused-ring (bicyclic) bond motifs is 1. The third-order valence-corrected chi connectivity index (χ3v) is 2.43. The molecule has 1 heterocycles. The highest BCUT2D eigenvalue weighted by Crippen LogP contribution is 2.14. The zero-order valence-electron chi connectivity index (χ0n) is 6.75. The Bertz CT molecular complexity index is 492. The van der Waals surface area contributed by atoms with E-state index in [1.54, 1.807) is 6.07 Å². The molecule has 0 saturated heterocycles. The molecule has 2 rings (SSSR count). The van der Waals surface area contributed by atoms with Crippen molar-refractivity contribution in [1.29, 1.82) is 0 Å². The van der Waals surface area contributed by atoms with Crippen LogP contribution in [0.3, 0.4) is 0 Å². The van der Waals surface area contributed by atoms with Crippen LogP contribution in [0.1, 0.15) is 5.69 Å². The smallest absolute Gasteiger partial charge is 0.267 e. The van der Waals surface area contributed by atoms with Crippen LogP contribution in [0.4, 0.5) is 0 Å². The number of rotatable bonds is 1. The van der Waals surface area contributed by atoms with Crippen molar-refractivity contribution < 1.29 is 0 Å². The molecule has 0 fully saturated rings. The molecule has 1 N–H and O–H groups in total. The van der Waals surface area contributed by atoms with Gasteiger partial charge in [-0.25, -0.2) is 5.10 Å². The molecule has 0 radical (unpaired) electrons. The van der Waals surface area contributed by atoms with E-state index in [1.165, 1.54) is 0 Å². The van der Waals surface area contributed by atoms with Crippen molar-refractivity contribution in [2.75, 3.05) is 0 Å². The summed E-state index contributed by atoms with van der Waals surface area (Å²) < 4.78 is 0. The Morgan fingerprint density at radius 3 is 2.69 bits per heavy atom. The monoisotopic (exact) mass is 238 g/mol. The van der Waals surface area contributed by atoms with E-state index in [1.807, 2.05) is 18.2 Å². The standard InChI is InChI=1S/C9H7BrN2O/c10-5-8-6-3-1-2-4-7(6)9(13)12-11-8/h1-4H,5H2,(H,12,13). The first kappa shape index (κ1) is 8.44. The fourth-order valence-corrected chi connectivity index (χ4v) is 1.70. The second-order valence-corrected chi connectivity index (χ2v) is 3.24. The molecule has 0 aliphatic heterocycles. The van der Waals surface area contributed by atoms with Crippen LogP contribution in [-0.4, -0.2) is 10.2 Å². The molecule has 3 nitrogen and oxygen atoms in total. The molecular formula is C9H7BrN2O. The van der Waals surface area contributed by atoms with Crippen LogP contribution in [0, 0.1) is 0 Å². The molecule has 0 saturated carbocycles. The van der Waals surface area contributed by atoms with Gasteiger partial charge in [0.1, 0.15) is 0 Å². The second kappa shape index (κ2) is 3.30. The van der Waals surface area contributed by atoms with Gasteiger partial charge < -0.3 is 0 Å². The molecule has 0 aliphatic rings. The third-order valence-electron chi connectivity index (χ3n) is 1.90. The summed E-state index contributed by atoms with van der Waals surface area (Å²) >= 11 is 3.32. The van der Waals surface area contributed by atoms with E-state index in [-0.39, 0.29) is 5.56 Å². The fourth-order valence-electron chi connectivity index (χ4n) is 1.27. The van der Waals surface area contributed by atoms with E-state index in [9.17, 15) is 4.79 Å². The molecular weight excluding hydrogens is 232 g/mol. The Labute approximate surface area is 82.9 Å². The normalized spacial score (nSPS) is 10.5. The number of benzene rings is 1. The summed E-state index contributed by atoms with van der Waals surface area (Å²) in [5.74, 6) is 0. The summed E-state index contributed by atoms with van der Waals surface area (Å²) in [6, 6.07) is 7.43. The van der Waals surface area contributed by atoms with Crippen molar-refractivity contribution in [2.45, 2.75) is 5.33 Å². The predicted octanol–water partition coefficient (Wildman–Crippen LogP) is 1.82. The average Bonchev–Trinajstić information content (AvgIpc) is 2.19. The molecule has 0 aliphatic carbocycles. The number of halogens is 1. The number of nitrogens with zero attached hydrogens (tertiary/aromatic N) is 1. The predicted molar refractivity (Wildman–Crippen MR) is 55.0 cm³/mol. The van der Waals surface area contributed by atoms with Gasteiger partial charge in [-0.1, -0.05) is 34.1 Å². The summed E-state index contributed by atoms with van der Waals surface area (Å²) in [7, 11) is 0. The number of aromatic nitrogens is 2. The highest BCUT2D eigenvalue weighted by atomic mass is 79.9. The third kappa shape index (κ3) is 1.37. The first-order valence-electron chi connectivity index (χ1n) is 3.85. The van der Waals surface area contributed by atoms with Crippen LogP contribution >= 0.6 is 15.9 Å². The van der Waals surface area contributed by atoms with E-state index < -0.39 is 0 Å². The molecule has 66 valence electrons. The molecule has 0 unspecified atom stereocenters. The molecule has 13 heavy (non-hydrogen) atoms. The largest absolute Gasteiger partial charge is 0.272 e. The van der Waals surface area contributed by atoms with Crippen LogP contribution in [0.5, 0.6) is 0 Å². The summed E-state index contributed by atoms with van der Waals surface area (Å²) in [6.07, 6.45) is 0. The number of hydrogen-bond acceptors (Lipinski definition) is 2. The molecule has 0 bridgehead atoms. The molecule has 0 atom stereocenters. The van der Waals surface area contributed by atoms with Gasteiger partial charge in [0, 0.05) is 10.7 Å².